The molecule has 1 aliphatic rings. The minimum atomic E-state index is -0.0843. The second kappa shape index (κ2) is 8.66. The second-order valence-corrected chi connectivity index (χ2v) is 7.54. The Morgan fingerprint density at radius 3 is 2.33 bits per heavy atom. The summed E-state index contributed by atoms with van der Waals surface area (Å²) in [6, 6.07) is 6.17. The normalized spacial score (nSPS) is 19.0. The fraction of sp³-hybridized carbons (Fsp3) is 0.667. The Morgan fingerprint density at radius 1 is 1.17 bits per heavy atom. The summed E-state index contributed by atoms with van der Waals surface area (Å²) in [7, 11) is 0. The van der Waals surface area contributed by atoms with Gasteiger partial charge in [0, 0.05) is 0 Å². The van der Waals surface area contributed by atoms with Gasteiger partial charge in [-0.2, -0.15) is 0 Å². The van der Waals surface area contributed by atoms with Gasteiger partial charge in [-0.05, 0) is 55.3 Å². The Kier molecular flexibility index (Phi) is 6.85. The summed E-state index contributed by atoms with van der Waals surface area (Å²) in [6.45, 7) is 12.8. The third kappa shape index (κ3) is 4.38. The number of likely N-dealkylation sites (tertiary alicyclic amines) is 1. The van der Waals surface area contributed by atoms with E-state index in [1.807, 2.05) is 0 Å². The third-order valence-electron chi connectivity index (χ3n) is 4.92. The van der Waals surface area contributed by atoms with Crippen LogP contribution in [0.25, 0.3) is 0 Å². The van der Waals surface area contributed by atoms with Crippen molar-refractivity contribution < 1.29 is 9.53 Å². The quantitative estimate of drug-likeness (QED) is 0.536. The van der Waals surface area contributed by atoms with Crippen LogP contribution in [0.15, 0.2) is 18.2 Å². The van der Waals surface area contributed by atoms with E-state index in [-0.39, 0.29) is 12.0 Å². The van der Waals surface area contributed by atoms with Gasteiger partial charge in [0.1, 0.15) is 11.8 Å². The molecule has 0 unspecified atom stereocenters. The zero-order valence-corrected chi connectivity index (χ0v) is 16.0. The van der Waals surface area contributed by atoms with Crippen molar-refractivity contribution in [3.8, 4) is 5.75 Å². The molecule has 0 N–H and O–H groups in total. The number of para-hydroxylation sites is 1. The van der Waals surface area contributed by atoms with E-state index in [4.69, 9.17) is 4.74 Å². The molecular weight excluding hydrogens is 298 g/mol. The molecule has 0 spiro atoms. The van der Waals surface area contributed by atoms with Crippen LogP contribution in [0.5, 0.6) is 5.75 Å². The van der Waals surface area contributed by atoms with E-state index in [0.29, 0.717) is 11.8 Å². The smallest absolute Gasteiger partial charge is 0.328 e. The Labute approximate surface area is 147 Å². The van der Waals surface area contributed by atoms with Gasteiger partial charge in [0.15, 0.2) is 0 Å². The molecule has 1 saturated heterocycles. The van der Waals surface area contributed by atoms with Gasteiger partial charge in [-0.25, -0.2) is 4.79 Å². The SMILES string of the molecule is CCCN1CCCC[C@H]1C(=O)Oc1c(C(C)C)cccc1C(C)C. The van der Waals surface area contributed by atoms with Crippen molar-refractivity contribution in [2.75, 3.05) is 13.1 Å². The molecular formula is C21H33NO2. The highest BCUT2D eigenvalue weighted by Crippen LogP contribution is 2.35. The van der Waals surface area contributed by atoms with E-state index >= 15 is 0 Å². The molecule has 0 radical (unpaired) electrons. The van der Waals surface area contributed by atoms with Crippen molar-refractivity contribution in [2.24, 2.45) is 0 Å². The zero-order chi connectivity index (χ0) is 17.7. The maximum atomic E-state index is 12.9. The molecule has 0 saturated carbocycles. The summed E-state index contributed by atoms with van der Waals surface area (Å²) in [6.07, 6.45) is 4.29. The van der Waals surface area contributed by atoms with Gasteiger partial charge >= 0.3 is 5.97 Å². The number of esters is 1. The lowest BCUT2D eigenvalue weighted by molar-refractivity contribution is -0.141. The first-order valence-corrected chi connectivity index (χ1v) is 9.54. The summed E-state index contributed by atoms with van der Waals surface area (Å²) >= 11 is 0. The number of ether oxygens (including phenoxy) is 1. The average Bonchev–Trinajstić information content (AvgIpc) is 2.55. The van der Waals surface area contributed by atoms with Crippen LogP contribution in [0.3, 0.4) is 0 Å². The highest BCUT2D eigenvalue weighted by Gasteiger charge is 2.31. The predicted molar refractivity (Wildman–Crippen MR) is 99.8 cm³/mol. The lowest BCUT2D eigenvalue weighted by Crippen LogP contribution is -2.46. The van der Waals surface area contributed by atoms with Crippen LogP contribution in [0.1, 0.15) is 83.3 Å². The van der Waals surface area contributed by atoms with E-state index in [2.05, 4.69) is 57.7 Å². The van der Waals surface area contributed by atoms with Crippen LogP contribution in [-0.4, -0.2) is 30.0 Å². The van der Waals surface area contributed by atoms with Gasteiger partial charge in [0.2, 0.25) is 0 Å². The number of carbonyl (C=O) groups excluding carboxylic acids is 1. The van der Waals surface area contributed by atoms with Crippen LogP contribution < -0.4 is 4.74 Å². The second-order valence-electron chi connectivity index (χ2n) is 7.54. The van der Waals surface area contributed by atoms with Gasteiger partial charge in [-0.1, -0.05) is 59.2 Å². The van der Waals surface area contributed by atoms with E-state index < -0.39 is 0 Å². The van der Waals surface area contributed by atoms with Crippen LogP contribution >= 0.6 is 0 Å². The molecule has 24 heavy (non-hydrogen) atoms. The van der Waals surface area contributed by atoms with Gasteiger partial charge < -0.3 is 4.74 Å². The van der Waals surface area contributed by atoms with Gasteiger partial charge in [-0.15, -0.1) is 0 Å². The first kappa shape index (κ1) is 19.0. The number of hydrogen-bond donors (Lipinski definition) is 0. The number of carbonyl (C=O) groups is 1. The van der Waals surface area contributed by atoms with Gasteiger partial charge in [0.05, 0.1) is 0 Å². The van der Waals surface area contributed by atoms with Crippen molar-refractivity contribution >= 4 is 5.97 Å². The standard InChI is InChI=1S/C21H33NO2/c1-6-13-22-14-8-7-12-19(22)21(23)24-20-17(15(2)3)10-9-11-18(20)16(4)5/h9-11,15-16,19H,6-8,12-14H2,1-5H3/t19-/m0/s1. The molecule has 1 aromatic carbocycles. The molecule has 0 aromatic heterocycles. The summed E-state index contributed by atoms with van der Waals surface area (Å²) < 4.78 is 6.03. The fourth-order valence-corrected chi connectivity index (χ4v) is 3.58. The highest BCUT2D eigenvalue weighted by molar-refractivity contribution is 5.79. The fourth-order valence-electron chi connectivity index (χ4n) is 3.58. The molecule has 1 aromatic rings. The van der Waals surface area contributed by atoms with E-state index in [0.717, 1.165) is 49.2 Å². The van der Waals surface area contributed by atoms with Crippen LogP contribution in [0.2, 0.25) is 0 Å². The molecule has 0 aliphatic carbocycles. The summed E-state index contributed by atoms with van der Waals surface area (Å²) in [4.78, 5) is 15.2. The molecule has 0 amide bonds. The van der Waals surface area contributed by atoms with Crippen LogP contribution in [-0.2, 0) is 4.79 Å². The summed E-state index contributed by atoms with van der Waals surface area (Å²) in [5.74, 6) is 1.40. The Hall–Kier alpha value is -1.35. The van der Waals surface area contributed by atoms with Crippen molar-refractivity contribution in [3.05, 3.63) is 29.3 Å². The number of piperidine rings is 1. The molecule has 1 heterocycles. The number of benzene rings is 1. The first-order chi connectivity index (χ1) is 11.5. The maximum absolute atomic E-state index is 12.9. The van der Waals surface area contributed by atoms with Gasteiger partial charge in [0.25, 0.3) is 0 Å². The zero-order valence-electron chi connectivity index (χ0n) is 16.0. The maximum Gasteiger partial charge on any atom is 0.328 e. The summed E-state index contributed by atoms with van der Waals surface area (Å²) in [5, 5.41) is 0. The van der Waals surface area contributed by atoms with E-state index in [1.165, 1.54) is 6.42 Å². The first-order valence-electron chi connectivity index (χ1n) is 9.54. The monoisotopic (exact) mass is 331 g/mol. The number of hydrogen-bond acceptors (Lipinski definition) is 3. The van der Waals surface area contributed by atoms with E-state index in [9.17, 15) is 4.79 Å². The minimum absolute atomic E-state index is 0.0712. The lowest BCUT2D eigenvalue weighted by Gasteiger charge is -2.34. The molecule has 1 aliphatic heterocycles. The van der Waals surface area contributed by atoms with Crippen molar-refractivity contribution in [1.82, 2.24) is 4.90 Å². The number of rotatable bonds is 6. The molecule has 3 nitrogen and oxygen atoms in total. The lowest BCUT2D eigenvalue weighted by atomic mass is 9.94. The predicted octanol–water partition coefficient (Wildman–Crippen LogP) is 5.10. The largest absolute Gasteiger partial charge is 0.425 e. The van der Waals surface area contributed by atoms with Crippen molar-refractivity contribution in [2.45, 2.75) is 78.2 Å². The van der Waals surface area contributed by atoms with Crippen molar-refractivity contribution in [3.63, 3.8) is 0 Å². The average molecular weight is 332 g/mol. The van der Waals surface area contributed by atoms with E-state index in [1.54, 1.807) is 0 Å². The Morgan fingerprint density at radius 2 is 1.79 bits per heavy atom. The molecule has 0 bridgehead atoms. The molecule has 1 atom stereocenters. The highest BCUT2D eigenvalue weighted by atomic mass is 16.5. The van der Waals surface area contributed by atoms with Crippen LogP contribution in [0.4, 0.5) is 0 Å². The Balaban J connectivity index is 2.27. The van der Waals surface area contributed by atoms with Gasteiger partial charge in [-0.3, -0.25) is 4.90 Å². The minimum Gasteiger partial charge on any atom is -0.425 e. The Bertz CT molecular complexity index is 523. The molecule has 134 valence electrons. The van der Waals surface area contributed by atoms with Crippen LogP contribution in [0, 0.1) is 0 Å². The number of nitrogens with zero attached hydrogens (tertiary/aromatic N) is 1. The molecule has 2 rings (SSSR count). The molecule has 3 heteroatoms. The molecule has 1 fully saturated rings. The summed E-state index contributed by atoms with van der Waals surface area (Å²) in [5.41, 5.74) is 2.26. The van der Waals surface area contributed by atoms with Crippen molar-refractivity contribution in [1.29, 1.82) is 0 Å². The third-order valence-corrected chi connectivity index (χ3v) is 4.92. The topological polar surface area (TPSA) is 29.5 Å².